The van der Waals surface area contributed by atoms with Crippen LogP contribution in [0.5, 0.6) is 0 Å². The predicted molar refractivity (Wildman–Crippen MR) is 80.3 cm³/mol. The molecule has 0 aromatic heterocycles. The van der Waals surface area contributed by atoms with Crippen molar-refractivity contribution in [1.29, 1.82) is 0 Å². The Kier molecular flexibility index (Phi) is 5.83. The minimum Gasteiger partial charge on any atom is -0.330 e. The van der Waals surface area contributed by atoms with Crippen LogP contribution in [0.4, 0.5) is 0 Å². The molecule has 1 aliphatic carbocycles. The summed E-state index contributed by atoms with van der Waals surface area (Å²) in [7, 11) is 0. The highest BCUT2D eigenvalue weighted by molar-refractivity contribution is 5.38. The first-order valence-electron chi connectivity index (χ1n) is 7.03. The Morgan fingerprint density at radius 2 is 2.00 bits per heavy atom. The maximum Gasteiger partial charge on any atom is 0.0266 e. The molecular formula is C16H28N2. The van der Waals surface area contributed by atoms with Crippen molar-refractivity contribution in [2.75, 3.05) is 6.54 Å². The van der Waals surface area contributed by atoms with Gasteiger partial charge in [-0.2, -0.15) is 0 Å². The quantitative estimate of drug-likeness (QED) is 0.709. The molecule has 18 heavy (non-hydrogen) atoms. The van der Waals surface area contributed by atoms with E-state index < -0.39 is 0 Å². The van der Waals surface area contributed by atoms with Gasteiger partial charge in [-0.05, 0) is 38.8 Å². The molecule has 2 nitrogen and oxygen atoms in total. The Labute approximate surface area is 112 Å². The molecular weight excluding hydrogens is 220 g/mol. The lowest BCUT2D eigenvalue weighted by Gasteiger charge is -2.22. The number of nitrogens with two attached hydrogens (primary N) is 2. The van der Waals surface area contributed by atoms with Crippen LogP contribution < -0.4 is 11.5 Å². The lowest BCUT2D eigenvalue weighted by atomic mass is 9.83. The summed E-state index contributed by atoms with van der Waals surface area (Å²) < 4.78 is 0. The monoisotopic (exact) mass is 248 g/mol. The summed E-state index contributed by atoms with van der Waals surface area (Å²) in [6.45, 7) is 7.30. The second kappa shape index (κ2) is 6.91. The van der Waals surface area contributed by atoms with Gasteiger partial charge in [0.2, 0.25) is 0 Å². The van der Waals surface area contributed by atoms with E-state index in [1.54, 1.807) is 0 Å². The molecule has 2 heteroatoms. The van der Waals surface area contributed by atoms with E-state index in [-0.39, 0.29) is 11.5 Å². The average molecular weight is 248 g/mol. The number of unbranched alkanes of at least 4 members (excludes halogenated alkanes) is 2. The zero-order valence-electron chi connectivity index (χ0n) is 12.1. The predicted octanol–water partition coefficient (Wildman–Crippen LogP) is 3.30. The molecule has 1 rings (SSSR count). The van der Waals surface area contributed by atoms with E-state index >= 15 is 0 Å². The van der Waals surface area contributed by atoms with Crippen molar-refractivity contribution in [3.63, 3.8) is 0 Å². The molecule has 1 aliphatic rings. The number of rotatable bonds is 6. The molecule has 0 radical (unpaired) electrons. The van der Waals surface area contributed by atoms with Gasteiger partial charge in [-0.15, -0.1) is 0 Å². The van der Waals surface area contributed by atoms with E-state index in [2.05, 4.69) is 38.2 Å². The summed E-state index contributed by atoms with van der Waals surface area (Å²) in [5.41, 5.74) is 14.2. The molecule has 0 heterocycles. The van der Waals surface area contributed by atoms with Gasteiger partial charge in [-0.1, -0.05) is 49.6 Å². The average Bonchev–Trinajstić information content (AvgIpc) is 2.44. The van der Waals surface area contributed by atoms with Crippen LogP contribution in [0.15, 0.2) is 35.5 Å². The number of hydrogen-bond donors (Lipinski definition) is 2. The minimum absolute atomic E-state index is 0.101. The maximum absolute atomic E-state index is 5.97. The second-order valence-corrected chi connectivity index (χ2v) is 5.76. The second-order valence-electron chi connectivity index (χ2n) is 5.76. The third-order valence-electron chi connectivity index (χ3n) is 3.55. The van der Waals surface area contributed by atoms with Crippen LogP contribution in [0.2, 0.25) is 0 Å². The summed E-state index contributed by atoms with van der Waals surface area (Å²) in [4.78, 5) is 0. The van der Waals surface area contributed by atoms with Crippen LogP contribution >= 0.6 is 0 Å². The van der Waals surface area contributed by atoms with E-state index in [9.17, 15) is 0 Å². The minimum atomic E-state index is 0.101. The van der Waals surface area contributed by atoms with Crippen molar-refractivity contribution in [3.8, 4) is 0 Å². The molecule has 0 aliphatic heterocycles. The van der Waals surface area contributed by atoms with Gasteiger partial charge in [0.1, 0.15) is 0 Å². The van der Waals surface area contributed by atoms with E-state index in [1.807, 2.05) is 6.92 Å². The Hall–Kier alpha value is -0.860. The summed E-state index contributed by atoms with van der Waals surface area (Å²) in [5, 5.41) is 0. The summed E-state index contributed by atoms with van der Waals surface area (Å²) in [6.07, 6.45) is 13.8. The van der Waals surface area contributed by atoms with Crippen molar-refractivity contribution in [3.05, 3.63) is 35.5 Å². The van der Waals surface area contributed by atoms with E-state index in [0.717, 1.165) is 13.0 Å². The molecule has 0 amide bonds. The van der Waals surface area contributed by atoms with Crippen LogP contribution in [0.1, 0.15) is 46.5 Å². The third kappa shape index (κ3) is 4.79. The highest BCUT2D eigenvalue weighted by Gasteiger charge is 2.19. The zero-order chi connectivity index (χ0) is 13.6. The summed E-state index contributed by atoms with van der Waals surface area (Å²) in [5.74, 6) is 0. The van der Waals surface area contributed by atoms with Gasteiger partial charge >= 0.3 is 0 Å². The fourth-order valence-electron chi connectivity index (χ4n) is 2.47. The first-order chi connectivity index (χ1) is 8.47. The molecule has 4 N–H and O–H groups in total. The lowest BCUT2D eigenvalue weighted by molar-refractivity contribution is 0.461. The van der Waals surface area contributed by atoms with Crippen LogP contribution in [-0.4, -0.2) is 12.6 Å². The molecule has 0 aromatic rings. The Morgan fingerprint density at radius 3 is 2.61 bits per heavy atom. The van der Waals surface area contributed by atoms with Gasteiger partial charge < -0.3 is 11.5 Å². The largest absolute Gasteiger partial charge is 0.330 e. The molecule has 0 bridgehead atoms. The molecule has 102 valence electrons. The number of hydrogen-bond acceptors (Lipinski definition) is 2. The topological polar surface area (TPSA) is 52.0 Å². The van der Waals surface area contributed by atoms with Crippen LogP contribution in [0.25, 0.3) is 0 Å². The van der Waals surface area contributed by atoms with Crippen molar-refractivity contribution >= 4 is 0 Å². The molecule has 2 atom stereocenters. The molecule has 2 unspecified atom stereocenters. The fraction of sp³-hybridized carbons (Fsp3) is 0.625. The highest BCUT2D eigenvalue weighted by Crippen LogP contribution is 2.32. The summed E-state index contributed by atoms with van der Waals surface area (Å²) in [6, 6.07) is 0.101. The van der Waals surface area contributed by atoms with Gasteiger partial charge in [-0.3, -0.25) is 0 Å². The van der Waals surface area contributed by atoms with Crippen molar-refractivity contribution in [1.82, 2.24) is 0 Å². The molecule has 0 saturated carbocycles. The Morgan fingerprint density at radius 1 is 1.28 bits per heavy atom. The van der Waals surface area contributed by atoms with E-state index in [1.165, 1.54) is 30.4 Å². The Balaban J connectivity index is 2.68. The standard InChI is InChI=1S/C16H28N2/c1-13-11-15(14(2)18)7-9-16(3,12-13)8-5-4-6-10-17/h7,9,11-12,14H,4-6,8,10,17-18H2,1-3H3. The first kappa shape index (κ1) is 15.2. The van der Waals surface area contributed by atoms with Crippen molar-refractivity contribution in [2.45, 2.75) is 52.5 Å². The van der Waals surface area contributed by atoms with Gasteiger partial charge in [0.15, 0.2) is 0 Å². The smallest absolute Gasteiger partial charge is 0.0266 e. The first-order valence-corrected chi connectivity index (χ1v) is 7.03. The normalized spacial score (nSPS) is 25.4. The molecule has 0 spiro atoms. The fourth-order valence-corrected chi connectivity index (χ4v) is 2.47. The Bertz CT molecular complexity index is 350. The van der Waals surface area contributed by atoms with Crippen molar-refractivity contribution in [2.24, 2.45) is 16.9 Å². The van der Waals surface area contributed by atoms with E-state index in [0.29, 0.717) is 0 Å². The number of allylic oxidation sites excluding steroid dienone is 4. The molecule has 0 aromatic carbocycles. The zero-order valence-corrected chi connectivity index (χ0v) is 12.1. The van der Waals surface area contributed by atoms with Crippen LogP contribution in [0, 0.1) is 5.41 Å². The molecule has 0 saturated heterocycles. The lowest BCUT2D eigenvalue weighted by Crippen LogP contribution is -2.16. The van der Waals surface area contributed by atoms with Gasteiger partial charge in [0.05, 0.1) is 0 Å². The van der Waals surface area contributed by atoms with Crippen LogP contribution in [-0.2, 0) is 0 Å². The third-order valence-corrected chi connectivity index (χ3v) is 3.55. The SMILES string of the molecule is CC1=CC(C)(CCCCCN)C=CC(C(C)N)=C1. The van der Waals surface area contributed by atoms with Gasteiger partial charge in [0, 0.05) is 11.5 Å². The highest BCUT2D eigenvalue weighted by atomic mass is 14.6. The molecule has 0 fully saturated rings. The van der Waals surface area contributed by atoms with E-state index in [4.69, 9.17) is 11.5 Å². The van der Waals surface area contributed by atoms with Gasteiger partial charge in [-0.25, -0.2) is 0 Å². The maximum atomic E-state index is 5.97. The van der Waals surface area contributed by atoms with Crippen LogP contribution in [0.3, 0.4) is 0 Å². The van der Waals surface area contributed by atoms with Gasteiger partial charge in [0.25, 0.3) is 0 Å². The van der Waals surface area contributed by atoms with Crippen molar-refractivity contribution < 1.29 is 0 Å². The summed E-state index contributed by atoms with van der Waals surface area (Å²) >= 11 is 0.